The molecule has 1 aliphatic heterocycles. The molecule has 2 rings (SSSR count). The standard InChI is InChI=1S/C14H22N2O2/c1-11(15)14(16-7-9-18-10-8-16)12-5-3-4-6-13(12)17-2/h3-6,11,14H,7-10,15H2,1-2H3. The van der Waals surface area contributed by atoms with Crippen LogP contribution in [0.3, 0.4) is 0 Å². The van der Waals surface area contributed by atoms with Crippen molar-refractivity contribution in [3.63, 3.8) is 0 Å². The Balaban J connectivity index is 2.28. The van der Waals surface area contributed by atoms with Crippen LogP contribution in [0.25, 0.3) is 0 Å². The molecule has 1 aromatic carbocycles. The minimum absolute atomic E-state index is 0.0550. The maximum atomic E-state index is 6.19. The number of rotatable bonds is 4. The largest absolute Gasteiger partial charge is 0.496 e. The van der Waals surface area contributed by atoms with Crippen molar-refractivity contribution < 1.29 is 9.47 Å². The second-order valence-electron chi connectivity index (χ2n) is 4.69. The number of hydrogen-bond acceptors (Lipinski definition) is 4. The van der Waals surface area contributed by atoms with Gasteiger partial charge in [0.25, 0.3) is 0 Å². The van der Waals surface area contributed by atoms with Crippen LogP contribution < -0.4 is 10.5 Å². The highest BCUT2D eigenvalue weighted by molar-refractivity contribution is 5.36. The highest BCUT2D eigenvalue weighted by Gasteiger charge is 2.27. The molecule has 2 N–H and O–H groups in total. The molecule has 0 aromatic heterocycles. The predicted molar refractivity (Wildman–Crippen MR) is 71.8 cm³/mol. The number of hydrogen-bond donors (Lipinski definition) is 1. The van der Waals surface area contributed by atoms with Gasteiger partial charge in [-0.1, -0.05) is 18.2 Å². The Morgan fingerprint density at radius 3 is 2.56 bits per heavy atom. The third-order valence-corrected chi connectivity index (χ3v) is 3.39. The van der Waals surface area contributed by atoms with Crippen molar-refractivity contribution in [3.8, 4) is 5.75 Å². The Kier molecular flexibility index (Phi) is 4.58. The number of nitrogens with zero attached hydrogens (tertiary/aromatic N) is 1. The van der Waals surface area contributed by atoms with Gasteiger partial charge in [0.05, 0.1) is 26.4 Å². The molecule has 0 saturated carbocycles. The fourth-order valence-corrected chi connectivity index (χ4v) is 2.58. The fourth-order valence-electron chi connectivity index (χ4n) is 2.58. The Labute approximate surface area is 109 Å². The van der Waals surface area contributed by atoms with Crippen LogP contribution in [0.4, 0.5) is 0 Å². The minimum Gasteiger partial charge on any atom is -0.496 e. The van der Waals surface area contributed by atoms with Gasteiger partial charge in [-0.25, -0.2) is 0 Å². The van der Waals surface area contributed by atoms with Crippen molar-refractivity contribution in [2.75, 3.05) is 33.4 Å². The van der Waals surface area contributed by atoms with Gasteiger partial charge in [-0.2, -0.15) is 0 Å². The smallest absolute Gasteiger partial charge is 0.123 e. The molecular formula is C14H22N2O2. The van der Waals surface area contributed by atoms with Gasteiger partial charge in [-0.15, -0.1) is 0 Å². The zero-order valence-electron chi connectivity index (χ0n) is 11.1. The van der Waals surface area contributed by atoms with E-state index in [-0.39, 0.29) is 12.1 Å². The maximum absolute atomic E-state index is 6.19. The molecule has 2 atom stereocenters. The zero-order valence-corrected chi connectivity index (χ0v) is 11.1. The summed E-state index contributed by atoms with van der Waals surface area (Å²) in [5, 5.41) is 0. The van der Waals surface area contributed by atoms with Crippen molar-refractivity contribution in [1.82, 2.24) is 4.90 Å². The van der Waals surface area contributed by atoms with Crippen LogP contribution in [-0.2, 0) is 4.74 Å². The number of ether oxygens (including phenoxy) is 2. The van der Waals surface area contributed by atoms with Gasteiger partial charge in [-0.05, 0) is 13.0 Å². The predicted octanol–water partition coefficient (Wildman–Crippen LogP) is 1.42. The average Bonchev–Trinajstić information content (AvgIpc) is 2.40. The van der Waals surface area contributed by atoms with Crippen LogP contribution in [-0.4, -0.2) is 44.4 Å². The molecule has 1 saturated heterocycles. The Morgan fingerprint density at radius 2 is 1.94 bits per heavy atom. The summed E-state index contributed by atoms with van der Waals surface area (Å²) in [4.78, 5) is 2.38. The molecule has 4 heteroatoms. The monoisotopic (exact) mass is 250 g/mol. The number of methoxy groups -OCH3 is 1. The zero-order chi connectivity index (χ0) is 13.0. The van der Waals surface area contributed by atoms with E-state index in [4.69, 9.17) is 15.2 Å². The summed E-state index contributed by atoms with van der Waals surface area (Å²) in [6, 6.07) is 8.35. The van der Waals surface area contributed by atoms with Crippen LogP contribution in [0.2, 0.25) is 0 Å². The van der Waals surface area contributed by atoms with Crippen molar-refractivity contribution in [2.24, 2.45) is 5.73 Å². The first-order chi connectivity index (χ1) is 8.74. The number of nitrogens with two attached hydrogens (primary N) is 1. The number of para-hydroxylation sites is 1. The average molecular weight is 250 g/mol. The molecule has 0 radical (unpaired) electrons. The van der Waals surface area contributed by atoms with Crippen LogP contribution >= 0.6 is 0 Å². The molecule has 0 bridgehead atoms. The molecule has 1 aromatic rings. The first-order valence-corrected chi connectivity index (χ1v) is 6.44. The van der Waals surface area contributed by atoms with E-state index < -0.39 is 0 Å². The topological polar surface area (TPSA) is 47.7 Å². The van der Waals surface area contributed by atoms with E-state index in [0.717, 1.165) is 37.6 Å². The van der Waals surface area contributed by atoms with Gasteiger partial charge in [0.1, 0.15) is 5.75 Å². The molecule has 18 heavy (non-hydrogen) atoms. The van der Waals surface area contributed by atoms with E-state index in [2.05, 4.69) is 11.0 Å². The lowest BCUT2D eigenvalue weighted by Crippen LogP contribution is -2.45. The third kappa shape index (κ3) is 2.83. The maximum Gasteiger partial charge on any atom is 0.123 e. The highest BCUT2D eigenvalue weighted by Crippen LogP contribution is 2.31. The van der Waals surface area contributed by atoms with Crippen molar-refractivity contribution in [2.45, 2.75) is 19.0 Å². The lowest BCUT2D eigenvalue weighted by molar-refractivity contribution is 0.0111. The lowest BCUT2D eigenvalue weighted by atomic mass is 9.98. The van der Waals surface area contributed by atoms with E-state index in [9.17, 15) is 0 Å². The Hall–Kier alpha value is -1.10. The van der Waals surface area contributed by atoms with E-state index >= 15 is 0 Å². The first kappa shape index (κ1) is 13.3. The normalized spacial score (nSPS) is 20.4. The molecule has 1 aliphatic rings. The van der Waals surface area contributed by atoms with Crippen LogP contribution in [0.15, 0.2) is 24.3 Å². The molecule has 2 unspecified atom stereocenters. The second-order valence-corrected chi connectivity index (χ2v) is 4.69. The van der Waals surface area contributed by atoms with Gasteiger partial charge in [-0.3, -0.25) is 4.90 Å². The van der Waals surface area contributed by atoms with E-state index in [1.165, 1.54) is 0 Å². The third-order valence-electron chi connectivity index (χ3n) is 3.39. The van der Waals surface area contributed by atoms with Gasteiger partial charge in [0.2, 0.25) is 0 Å². The summed E-state index contributed by atoms with van der Waals surface area (Å²) in [6.07, 6.45) is 0. The quantitative estimate of drug-likeness (QED) is 0.878. The van der Waals surface area contributed by atoms with Gasteiger partial charge >= 0.3 is 0 Å². The molecule has 100 valence electrons. The lowest BCUT2D eigenvalue weighted by Gasteiger charge is -2.37. The summed E-state index contributed by atoms with van der Waals surface area (Å²) < 4.78 is 10.9. The SMILES string of the molecule is COc1ccccc1C(C(C)N)N1CCOCC1. The fraction of sp³-hybridized carbons (Fsp3) is 0.571. The summed E-state index contributed by atoms with van der Waals surface area (Å²) in [5.74, 6) is 0.909. The number of morpholine rings is 1. The second kappa shape index (κ2) is 6.18. The molecule has 4 nitrogen and oxygen atoms in total. The molecule has 0 amide bonds. The van der Waals surface area contributed by atoms with E-state index in [1.54, 1.807) is 7.11 Å². The molecule has 0 spiro atoms. The summed E-state index contributed by atoms with van der Waals surface area (Å²) in [6.45, 7) is 5.44. The number of benzene rings is 1. The van der Waals surface area contributed by atoms with Gasteiger partial charge in [0.15, 0.2) is 0 Å². The molecule has 0 aliphatic carbocycles. The van der Waals surface area contributed by atoms with Crippen molar-refractivity contribution in [1.29, 1.82) is 0 Å². The summed E-state index contributed by atoms with van der Waals surface area (Å²) in [7, 11) is 1.70. The van der Waals surface area contributed by atoms with E-state index in [0.29, 0.717) is 0 Å². The summed E-state index contributed by atoms with van der Waals surface area (Å²) in [5.41, 5.74) is 7.35. The molecule has 1 fully saturated rings. The highest BCUT2D eigenvalue weighted by atomic mass is 16.5. The van der Waals surface area contributed by atoms with Crippen molar-refractivity contribution in [3.05, 3.63) is 29.8 Å². The van der Waals surface area contributed by atoms with Crippen molar-refractivity contribution >= 4 is 0 Å². The molecular weight excluding hydrogens is 228 g/mol. The minimum atomic E-state index is 0.0550. The summed E-state index contributed by atoms with van der Waals surface area (Å²) >= 11 is 0. The van der Waals surface area contributed by atoms with Gasteiger partial charge in [0, 0.05) is 24.7 Å². The molecule has 1 heterocycles. The Bertz CT molecular complexity index is 376. The first-order valence-electron chi connectivity index (χ1n) is 6.44. The van der Waals surface area contributed by atoms with E-state index in [1.807, 2.05) is 25.1 Å². The van der Waals surface area contributed by atoms with Crippen LogP contribution in [0.5, 0.6) is 5.75 Å². The van der Waals surface area contributed by atoms with Gasteiger partial charge < -0.3 is 15.2 Å². The van der Waals surface area contributed by atoms with Crippen LogP contribution in [0.1, 0.15) is 18.5 Å². The Morgan fingerprint density at radius 1 is 1.28 bits per heavy atom. The van der Waals surface area contributed by atoms with Crippen LogP contribution in [0, 0.1) is 0 Å².